The molecular weight excluding hydrogens is 227 g/mol. The second-order valence-corrected chi connectivity index (χ2v) is 3.77. The molecule has 0 aliphatic heterocycles. The summed E-state index contributed by atoms with van der Waals surface area (Å²) in [7, 11) is 0. The fourth-order valence-corrected chi connectivity index (χ4v) is 1.64. The number of halogens is 2. The first kappa shape index (κ1) is 10.8. The molecule has 0 aliphatic rings. The molecule has 0 unspecified atom stereocenters. The predicted octanol–water partition coefficient (Wildman–Crippen LogP) is 3.96. The summed E-state index contributed by atoms with van der Waals surface area (Å²) in [5.74, 6) is -0.305. The molecule has 2 aromatic rings. The highest BCUT2D eigenvalue weighted by Gasteiger charge is 2.03. The number of aldehydes is 1. The van der Waals surface area contributed by atoms with Crippen LogP contribution in [0.4, 0.5) is 4.39 Å². The lowest BCUT2D eigenvalue weighted by Crippen LogP contribution is -1.85. The van der Waals surface area contributed by atoms with Crippen molar-refractivity contribution in [3.8, 4) is 11.1 Å². The molecule has 0 atom stereocenters. The lowest BCUT2D eigenvalue weighted by molar-refractivity contribution is 0.112. The fourth-order valence-electron chi connectivity index (χ4n) is 1.48. The maximum atomic E-state index is 13.0. The summed E-state index contributed by atoms with van der Waals surface area (Å²) in [5.41, 5.74) is 1.90. The summed E-state index contributed by atoms with van der Waals surface area (Å²) in [5, 5.41) is 0.398. The van der Waals surface area contributed by atoms with Crippen LogP contribution in [0.3, 0.4) is 0 Å². The highest BCUT2D eigenvalue weighted by Crippen LogP contribution is 2.24. The second-order valence-electron chi connectivity index (χ2n) is 3.36. The molecule has 2 rings (SSSR count). The molecule has 16 heavy (non-hydrogen) atoms. The average molecular weight is 235 g/mol. The highest BCUT2D eigenvalue weighted by molar-refractivity contribution is 6.33. The van der Waals surface area contributed by atoms with E-state index in [0.29, 0.717) is 16.9 Å². The summed E-state index contributed by atoms with van der Waals surface area (Å²) in [6, 6.07) is 11.2. The average Bonchev–Trinajstić information content (AvgIpc) is 2.29. The summed E-state index contributed by atoms with van der Waals surface area (Å²) in [6.07, 6.45) is 0.686. The topological polar surface area (TPSA) is 17.1 Å². The Balaban J connectivity index is 2.52. The first-order chi connectivity index (χ1) is 7.70. The van der Waals surface area contributed by atoms with Gasteiger partial charge in [0.15, 0.2) is 6.29 Å². The van der Waals surface area contributed by atoms with Crippen LogP contribution in [0.1, 0.15) is 10.4 Å². The van der Waals surface area contributed by atoms with Crippen LogP contribution >= 0.6 is 11.6 Å². The van der Waals surface area contributed by atoms with Crippen LogP contribution < -0.4 is 0 Å². The summed E-state index contributed by atoms with van der Waals surface area (Å²) in [4.78, 5) is 10.7. The molecule has 0 spiro atoms. The molecule has 0 saturated carbocycles. The third-order valence-corrected chi connectivity index (χ3v) is 2.63. The molecule has 0 heterocycles. The van der Waals surface area contributed by atoms with Crippen molar-refractivity contribution in [1.82, 2.24) is 0 Å². The lowest BCUT2D eigenvalue weighted by atomic mass is 10.0. The first-order valence-electron chi connectivity index (χ1n) is 4.71. The van der Waals surface area contributed by atoms with Gasteiger partial charge in [-0.05, 0) is 35.4 Å². The van der Waals surface area contributed by atoms with Gasteiger partial charge in [0.2, 0.25) is 0 Å². The smallest absolute Gasteiger partial charge is 0.151 e. The van der Waals surface area contributed by atoms with E-state index in [1.165, 1.54) is 12.1 Å². The van der Waals surface area contributed by atoms with Gasteiger partial charge in [0.1, 0.15) is 5.82 Å². The predicted molar refractivity (Wildman–Crippen MR) is 62.2 cm³/mol. The van der Waals surface area contributed by atoms with Gasteiger partial charge in [-0.25, -0.2) is 4.39 Å². The van der Waals surface area contributed by atoms with Crippen molar-refractivity contribution in [2.45, 2.75) is 0 Å². The Morgan fingerprint density at radius 1 is 1.06 bits per heavy atom. The van der Waals surface area contributed by atoms with Crippen molar-refractivity contribution in [2.75, 3.05) is 0 Å². The van der Waals surface area contributed by atoms with Crippen LogP contribution in [0.25, 0.3) is 11.1 Å². The van der Waals surface area contributed by atoms with E-state index in [1.54, 1.807) is 30.3 Å². The Bertz CT molecular complexity index is 537. The Morgan fingerprint density at radius 2 is 1.81 bits per heavy atom. The minimum atomic E-state index is -0.305. The van der Waals surface area contributed by atoms with E-state index < -0.39 is 0 Å². The molecule has 80 valence electrons. The fraction of sp³-hybridized carbons (Fsp3) is 0. The number of carbonyl (C=O) groups excluding carboxylic acids is 1. The van der Waals surface area contributed by atoms with Crippen molar-refractivity contribution < 1.29 is 9.18 Å². The van der Waals surface area contributed by atoms with Gasteiger partial charge in [-0.2, -0.15) is 0 Å². The monoisotopic (exact) mass is 234 g/mol. The van der Waals surface area contributed by atoms with Crippen molar-refractivity contribution in [3.63, 3.8) is 0 Å². The number of benzene rings is 2. The van der Waals surface area contributed by atoms with Crippen molar-refractivity contribution in [1.29, 1.82) is 0 Å². The lowest BCUT2D eigenvalue weighted by Gasteiger charge is -2.03. The zero-order valence-electron chi connectivity index (χ0n) is 8.28. The molecule has 3 heteroatoms. The Labute approximate surface area is 97.5 Å². The highest BCUT2D eigenvalue weighted by atomic mass is 35.5. The number of carbonyl (C=O) groups is 1. The van der Waals surface area contributed by atoms with E-state index >= 15 is 0 Å². The summed E-state index contributed by atoms with van der Waals surface area (Å²) in [6.45, 7) is 0. The van der Waals surface area contributed by atoms with Crippen LogP contribution in [0, 0.1) is 5.82 Å². The molecule has 0 amide bonds. The zero-order chi connectivity index (χ0) is 11.5. The van der Waals surface area contributed by atoms with E-state index in [0.717, 1.165) is 11.1 Å². The zero-order valence-corrected chi connectivity index (χ0v) is 9.04. The van der Waals surface area contributed by atoms with Crippen LogP contribution in [0.5, 0.6) is 0 Å². The maximum Gasteiger partial charge on any atom is 0.151 e. The van der Waals surface area contributed by atoms with Crippen molar-refractivity contribution in [3.05, 3.63) is 58.9 Å². The second kappa shape index (κ2) is 4.45. The Kier molecular flexibility index (Phi) is 3.02. The first-order valence-corrected chi connectivity index (χ1v) is 5.09. The van der Waals surface area contributed by atoms with Crippen LogP contribution in [0.2, 0.25) is 5.02 Å². The van der Waals surface area contributed by atoms with E-state index in [-0.39, 0.29) is 5.82 Å². The van der Waals surface area contributed by atoms with Crippen molar-refractivity contribution in [2.24, 2.45) is 0 Å². The van der Waals surface area contributed by atoms with Crippen molar-refractivity contribution >= 4 is 17.9 Å². The van der Waals surface area contributed by atoms with E-state index in [4.69, 9.17) is 11.6 Å². The third kappa shape index (κ3) is 2.12. The van der Waals surface area contributed by atoms with Crippen LogP contribution in [0.15, 0.2) is 42.5 Å². The molecule has 0 radical (unpaired) electrons. The minimum absolute atomic E-state index is 0.305. The molecular formula is C13H8ClFO. The number of rotatable bonds is 2. The normalized spacial score (nSPS) is 10.1. The van der Waals surface area contributed by atoms with Gasteiger partial charge in [-0.3, -0.25) is 4.79 Å². The Morgan fingerprint density at radius 3 is 2.50 bits per heavy atom. The van der Waals surface area contributed by atoms with Gasteiger partial charge in [0, 0.05) is 5.56 Å². The minimum Gasteiger partial charge on any atom is -0.298 e. The molecule has 2 aromatic carbocycles. The van der Waals surface area contributed by atoms with Gasteiger partial charge < -0.3 is 0 Å². The largest absolute Gasteiger partial charge is 0.298 e. The van der Waals surface area contributed by atoms with E-state index in [2.05, 4.69) is 0 Å². The van der Waals surface area contributed by atoms with Gasteiger partial charge in [-0.1, -0.05) is 29.8 Å². The van der Waals surface area contributed by atoms with Gasteiger partial charge in [-0.15, -0.1) is 0 Å². The summed E-state index contributed by atoms with van der Waals surface area (Å²) >= 11 is 5.81. The van der Waals surface area contributed by atoms with Gasteiger partial charge in [0.25, 0.3) is 0 Å². The van der Waals surface area contributed by atoms with Crippen LogP contribution in [-0.2, 0) is 0 Å². The SMILES string of the molecule is O=Cc1cc(-c2cccc(F)c2)ccc1Cl. The van der Waals surface area contributed by atoms with Crippen LogP contribution in [-0.4, -0.2) is 6.29 Å². The van der Waals surface area contributed by atoms with Gasteiger partial charge in [0.05, 0.1) is 5.02 Å². The third-order valence-electron chi connectivity index (χ3n) is 2.28. The number of hydrogen-bond donors (Lipinski definition) is 0. The molecule has 0 fully saturated rings. The maximum absolute atomic E-state index is 13.0. The molecule has 1 nitrogen and oxygen atoms in total. The van der Waals surface area contributed by atoms with E-state index in [1.807, 2.05) is 0 Å². The number of hydrogen-bond acceptors (Lipinski definition) is 1. The Hall–Kier alpha value is -1.67. The quantitative estimate of drug-likeness (QED) is 0.719. The molecule has 0 N–H and O–H groups in total. The molecule has 0 aromatic heterocycles. The van der Waals surface area contributed by atoms with E-state index in [9.17, 15) is 9.18 Å². The van der Waals surface area contributed by atoms with Gasteiger partial charge >= 0.3 is 0 Å². The standard InChI is InChI=1S/C13H8ClFO/c14-13-5-4-10(6-11(13)8-16)9-2-1-3-12(15)7-9/h1-8H. The molecule has 0 aliphatic carbocycles. The molecule has 0 saturated heterocycles. The summed E-state index contributed by atoms with van der Waals surface area (Å²) < 4.78 is 13.0. The molecule has 0 bridgehead atoms.